The third kappa shape index (κ3) is 4.66. The fourth-order valence-corrected chi connectivity index (χ4v) is 3.03. The maximum absolute atomic E-state index is 13.5. The van der Waals surface area contributed by atoms with Gasteiger partial charge in [0.15, 0.2) is 15.9 Å². The van der Waals surface area contributed by atoms with Crippen molar-refractivity contribution in [3.63, 3.8) is 0 Å². The molecule has 2 rings (SSSR count). The van der Waals surface area contributed by atoms with Gasteiger partial charge in [-0.2, -0.15) is 0 Å². The summed E-state index contributed by atoms with van der Waals surface area (Å²) in [7, 11) is -3.63. The summed E-state index contributed by atoms with van der Waals surface area (Å²) in [6.07, 6.45) is -0.235. The Hall–Kier alpha value is -2.74. The van der Waals surface area contributed by atoms with Gasteiger partial charge in [-0.05, 0) is 43.7 Å². The summed E-state index contributed by atoms with van der Waals surface area (Å²) in [5, 5.41) is 2.44. The molecule has 26 heavy (non-hydrogen) atoms. The third-order valence-corrected chi connectivity index (χ3v) is 4.75. The molecule has 0 aliphatic rings. The summed E-state index contributed by atoms with van der Waals surface area (Å²) in [5.41, 5.74) is 0.494. The average molecular weight is 379 g/mol. The number of rotatable bonds is 5. The molecule has 8 heteroatoms. The topological polar surface area (TPSA) is 89.5 Å². The highest BCUT2D eigenvalue weighted by Gasteiger charge is 2.24. The van der Waals surface area contributed by atoms with Crippen molar-refractivity contribution in [3.8, 4) is 0 Å². The van der Waals surface area contributed by atoms with Gasteiger partial charge in [-0.15, -0.1) is 0 Å². The normalized spacial score (nSPS) is 12.3. The van der Waals surface area contributed by atoms with Gasteiger partial charge >= 0.3 is 5.97 Å². The Bertz CT molecular complexity index is 956. The number of carbonyl (C=O) groups is 2. The van der Waals surface area contributed by atoms with Crippen LogP contribution < -0.4 is 5.32 Å². The molecule has 1 amide bonds. The number of hydrogen-bond donors (Lipinski definition) is 1. The molecule has 0 fully saturated rings. The van der Waals surface area contributed by atoms with Crippen LogP contribution in [0.3, 0.4) is 0 Å². The lowest BCUT2D eigenvalue weighted by atomic mass is 10.2. The summed E-state index contributed by atoms with van der Waals surface area (Å²) in [6.45, 7) is 2.92. The predicted molar refractivity (Wildman–Crippen MR) is 94.2 cm³/mol. The fourth-order valence-electron chi connectivity index (χ4n) is 2.15. The number of sulfone groups is 1. The molecule has 0 spiro atoms. The largest absolute Gasteiger partial charge is 0.449 e. The van der Waals surface area contributed by atoms with E-state index in [1.165, 1.54) is 43.3 Å². The molecule has 0 bridgehead atoms. The van der Waals surface area contributed by atoms with E-state index in [0.717, 1.165) is 12.3 Å². The molecule has 138 valence electrons. The first kappa shape index (κ1) is 19.6. The number of anilines is 1. The van der Waals surface area contributed by atoms with Crippen LogP contribution in [0.1, 0.15) is 22.8 Å². The maximum Gasteiger partial charge on any atom is 0.340 e. The highest BCUT2D eigenvalue weighted by molar-refractivity contribution is 7.90. The van der Waals surface area contributed by atoms with Gasteiger partial charge in [0.25, 0.3) is 5.91 Å². The number of aryl methyl sites for hydroxylation is 1. The van der Waals surface area contributed by atoms with E-state index >= 15 is 0 Å². The minimum Gasteiger partial charge on any atom is -0.449 e. The van der Waals surface area contributed by atoms with Crippen molar-refractivity contribution >= 4 is 27.4 Å². The fraction of sp³-hybridized carbons (Fsp3) is 0.222. The van der Waals surface area contributed by atoms with Crippen molar-refractivity contribution < 1.29 is 27.1 Å². The van der Waals surface area contributed by atoms with E-state index in [1.54, 1.807) is 6.92 Å². The van der Waals surface area contributed by atoms with E-state index in [4.69, 9.17) is 4.74 Å². The van der Waals surface area contributed by atoms with Gasteiger partial charge in [0.1, 0.15) is 5.82 Å². The van der Waals surface area contributed by atoms with E-state index in [1.807, 2.05) is 0 Å². The number of esters is 1. The van der Waals surface area contributed by atoms with Crippen LogP contribution in [-0.4, -0.2) is 32.7 Å². The van der Waals surface area contributed by atoms with Crippen LogP contribution in [0.4, 0.5) is 10.1 Å². The zero-order valence-electron chi connectivity index (χ0n) is 14.4. The zero-order chi connectivity index (χ0) is 19.5. The molecule has 6 nitrogen and oxygen atoms in total. The first-order valence-electron chi connectivity index (χ1n) is 7.66. The minimum atomic E-state index is -3.63. The van der Waals surface area contributed by atoms with Gasteiger partial charge in [0.05, 0.1) is 10.5 Å². The van der Waals surface area contributed by atoms with Gasteiger partial charge in [-0.25, -0.2) is 17.6 Å². The van der Waals surface area contributed by atoms with Crippen LogP contribution in [0.2, 0.25) is 0 Å². The van der Waals surface area contributed by atoms with Gasteiger partial charge in [0, 0.05) is 11.9 Å². The van der Waals surface area contributed by atoms with Crippen LogP contribution in [0.5, 0.6) is 0 Å². The Morgan fingerprint density at radius 1 is 1.15 bits per heavy atom. The number of benzene rings is 2. The van der Waals surface area contributed by atoms with Crippen molar-refractivity contribution in [2.75, 3.05) is 11.6 Å². The van der Waals surface area contributed by atoms with Crippen LogP contribution >= 0.6 is 0 Å². The van der Waals surface area contributed by atoms with Crippen LogP contribution in [0.25, 0.3) is 0 Å². The first-order chi connectivity index (χ1) is 12.1. The quantitative estimate of drug-likeness (QED) is 0.807. The van der Waals surface area contributed by atoms with Gasteiger partial charge in [-0.1, -0.05) is 18.2 Å². The van der Waals surface area contributed by atoms with E-state index in [9.17, 15) is 22.4 Å². The van der Waals surface area contributed by atoms with Gasteiger partial charge < -0.3 is 10.1 Å². The molecule has 0 aliphatic heterocycles. The highest BCUT2D eigenvalue weighted by atomic mass is 32.2. The minimum absolute atomic E-state index is 0.156. The number of halogens is 1. The summed E-state index contributed by atoms with van der Waals surface area (Å²) in [4.78, 5) is 24.2. The molecule has 0 radical (unpaired) electrons. The summed E-state index contributed by atoms with van der Waals surface area (Å²) >= 11 is 0. The second kappa shape index (κ2) is 7.65. The van der Waals surface area contributed by atoms with E-state index < -0.39 is 33.6 Å². The summed E-state index contributed by atoms with van der Waals surface area (Å²) in [5.74, 6) is -2.09. The molecule has 0 aliphatic carbocycles. The Labute approximate surface area is 150 Å². The Morgan fingerprint density at radius 3 is 2.42 bits per heavy atom. The SMILES string of the molecule is Cc1ccc(NC(=O)[C@H](C)OC(=O)c2ccccc2S(C)(=O)=O)cc1F. The van der Waals surface area contributed by atoms with Gasteiger partial charge in [0.2, 0.25) is 0 Å². The lowest BCUT2D eigenvalue weighted by Crippen LogP contribution is -2.30. The van der Waals surface area contributed by atoms with E-state index in [2.05, 4.69) is 5.32 Å². The monoisotopic (exact) mass is 379 g/mol. The average Bonchev–Trinajstić information content (AvgIpc) is 2.57. The standard InChI is InChI=1S/C18H18FNO5S/c1-11-8-9-13(10-15(11)19)20-17(21)12(2)25-18(22)14-6-4-5-7-16(14)26(3,23)24/h4-10,12H,1-3H3,(H,20,21)/t12-/m0/s1. The Morgan fingerprint density at radius 2 is 1.81 bits per heavy atom. The lowest BCUT2D eigenvalue weighted by Gasteiger charge is -2.15. The molecule has 0 heterocycles. The van der Waals surface area contributed by atoms with Crippen LogP contribution in [0, 0.1) is 12.7 Å². The van der Waals surface area contributed by atoms with Crippen LogP contribution in [0.15, 0.2) is 47.4 Å². The molecule has 0 aromatic heterocycles. The van der Waals surface area contributed by atoms with Crippen molar-refractivity contribution in [1.29, 1.82) is 0 Å². The van der Waals surface area contributed by atoms with Crippen molar-refractivity contribution in [2.24, 2.45) is 0 Å². The van der Waals surface area contributed by atoms with E-state index in [0.29, 0.717) is 5.56 Å². The Balaban J connectivity index is 2.12. The molecule has 0 saturated heterocycles. The molecular weight excluding hydrogens is 361 g/mol. The number of amides is 1. The van der Waals surface area contributed by atoms with Crippen LogP contribution in [-0.2, 0) is 19.4 Å². The first-order valence-corrected chi connectivity index (χ1v) is 9.56. The highest BCUT2D eigenvalue weighted by Crippen LogP contribution is 2.18. The molecule has 1 atom stereocenters. The van der Waals surface area contributed by atoms with Crippen molar-refractivity contribution in [1.82, 2.24) is 0 Å². The number of hydrogen-bond acceptors (Lipinski definition) is 5. The van der Waals surface area contributed by atoms with Crippen molar-refractivity contribution in [2.45, 2.75) is 24.8 Å². The molecule has 0 saturated carbocycles. The molecule has 2 aromatic rings. The Kier molecular flexibility index (Phi) is 5.76. The predicted octanol–water partition coefficient (Wildman–Crippen LogP) is 2.72. The van der Waals surface area contributed by atoms with Crippen molar-refractivity contribution in [3.05, 3.63) is 59.4 Å². The summed E-state index contributed by atoms with van der Waals surface area (Å²) in [6, 6.07) is 9.74. The molecular formula is C18H18FNO5S. The maximum atomic E-state index is 13.5. The number of nitrogens with one attached hydrogen (secondary N) is 1. The zero-order valence-corrected chi connectivity index (χ0v) is 15.3. The lowest BCUT2D eigenvalue weighted by molar-refractivity contribution is -0.123. The summed E-state index contributed by atoms with van der Waals surface area (Å²) < 4.78 is 42.1. The second-order valence-electron chi connectivity index (χ2n) is 5.77. The number of ether oxygens (including phenoxy) is 1. The smallest absolute Gasteiger partial charge is 0.340 e. The number of carbonyl (C=O) groups excluding carboxylic acids is 2. The van der Waals surface area contributed by atoms with Gasteiger partial charge in [-0.3, -0.25) is 4.79 Å². The third-order valence-electron chi connectivity index (χ3n) is 3.60. The molecule has 0 unspecified atom stereocenters. The second-order valence-corrected chi connectivity index (χ2v) is 7.75. The molecule has 1 N–H and O–H groups in total. The molecule has 2 aromatic carbocycles. The van der Waals surface area contributed by atoms with E-state index in [-0.39, 0.29) is 16.1 Å².